The van der Waals surface area contributed by atoms with Gasteiger partial charge in [0.2, 0.25) is 6.33 Å². The second kappa shape index (κ2) is 6.16. The van der Waals surface area contributed by atoms with Crippen molar-refractivity contribution in [1.29, 1.82) is 0 Å². The van der Waals surface area contributed by atoms with E-state index in [4.69, 9.17) is 0 Å². The summed E-state index contributed by atoms with van der Waals surface area (Å²) in [5.74, 6) is -1.08. The van der Waals surface area contributed by atoms with E-state index in [0.29, 0.717) is 12.1 Å². The van der Waals surface area contributed by atoms with Gasteiger partial charge in [-0.25, -0.2) is 13.3 Å². The summed E-state index contributed by atoms with van der Waals surface area (Å²) < 4.78 is 31.3. The van der Waals surface area contributed by atoms with E-state index in [1.165, 1.54) is 12.1 Å². The normalized spacial score (nSPS) is 12.6. The molecule has 0 amide bonds. The van der Waals surface area contributed by atoms with E-state index in [1.54, 1.807) is 0 Å². The topological polar surface area (TPSA) is 24.6 Å². The van der Waals surface area contributed by atoms with Crippen molar-refractivity contribution in [3.8, 4) is 0 Å². The lowest BCUT2D eigenvalue weighted by atomic mass is 10.1. The molecule has 2 aromatic carbocycles. The van der Waals surface area contributed by atoms with Crippen molar-refractivity contribution in [3.63, 3.8) is 0 Å². The highest BCUT2D eigenvalue weighted by Crippen LogP contribution is 2.27. The Balaban J connectivity index is 1.79. The number of halogens is 2. The van der Waals surface area contributed by atoms with Crippen LogP contribution in [0.5, 0.6) is 0 Å². The number of hydrogen-bond acceptors (Lipinski definition) is 0. The van der Waals surface area contributed by atoms with Crippen LogP contribution >= 0.6 is 0 Å². The molecule has 0 aliphatic rings. The first-order valence-electron chi connectivity index (χ1n) is 8.18. The van der Waals surface area contributed by atoms with Gasteiger partial charge in [0.1, 0.15) is 30.1 Å². The van der Waals surface area contributed by atoms with Crippen LogP contribution in [-0.2, 0) is 6.54 Å². The molecule has 4 aromatic rings. The Bertz CT molecular complexity index is 1020. The van der Waals surface area contributed by atoms with Gasteiger partial charge in [-0.2, -0.15) is 0 Å². The van der Waals surface area contributed by atoms with E-state index in [2.05, 4.69) is 28.7 Å². The van der Waals surface area contributed by atoms with Gasteiger partial charge >= 0.3 is 0 Å². The number of nitrogens with zero attached hydrogens (tertiary/aromatic N) is 2. The largest absolute Gasteiger partial charge is 0.342 e. The lowest BCUT2D eigenvalue weighted by molar-refractivity contribution is -0.709. The van der Waals surface area contributed by atoms with E-state index in [0.717, 1.165) is 22.5 Å². The molecule has 0 spiro atoms. The molecule has 0 aliphatic heterocycles. The van der Waals surface area contributed by atoms with Crippen molar-refractivity contribution < 1.29 is 13.3 Å². The first-order chi connectivity index (χ1) is 12.1. The lowest BCUT2D eigenvalue weighted by Crippen LogP contribution is -2.35. The molecular weight excluding hydrogens is 320 g/mol. The number of aromatic amines is 1. The zero-order chi connectivity index (χ0) is 17.4. The van der Waals surface area contributed by atoms with Crippen LogP contribution in [0.1, 0.15) is 24.1 Å². The Morgan fingerprint density at radius 1 is 1.16 bits per heavy atom. The minimum atomic E-state index is -0.559. The molecule has 3 nitrogen and oxygen atoms in total. The molecule has 1 unspecified atom stereocenters. The van der Waals surface area contributed by atoms with E-state index in [9.17, 15) is 8.78 Å². The van der Waals surface area contributed by atoms with Crippen molar-refractivity contribution in [2.24, 2.45) is 0 Å². The minimum Gasteiger partial charge on any atom is -0.342 e. The molecule has 2 heterocycles. The van der Waals surface area contributed by atoms with Gasteiger partial charge in [-0.1, -0.05) is 24.3 Å². The van der Waals surface area contributed by atoms with E-state index < -0.39 is 11.6 Å². The number of rotatable bonds is 4. The summed E-state index contributed by atoms with van der Waals surface area (Å²) in [5.41, 5.74) is 2.66. The van der Waals surface area contributed by atoms with Crippen LogP contribution in [0.15, 0.2) is 67.4 Å². The zero-order valence-corrected chi connectivity index (χ0v) is 13.8. The SMILES string of the molecule is CC(c1cn(Cc2ccc(F)cc2F)c2ccccc12)[n+]1cc[nH]c1. The third-order valence-corrected chi connectivity index (χ3v) is 4.64. The van der Waals surface area contributed by atoms with Crippen molar-refractivity contribution >= 4 is 10.9 Å². The molecule has 0 saturated heterocycles. The minimum absolute atomic E-state index is 0.135. The quantitative estimate of drug-likeness (QED) is 0.540. The van der Waals surface area contributed by atoms with E-state index in [-0.39, 0.29) is 6.04 Å². The Morgan fingerprint density at radius 3 is 2.76 bits per heavy atom. The number of hydrogen-bond donors (Lipinski definition) is 1. The van der Waals surface area contributed by atoms with Gasteiger partial charge in [-0.15, -0.1) is 0 Å². The maximum Gasteiger partial charge on any atom is 0.242 e. The molecule has 0 fully saturated rings. The predicted octanol–water partition coefficient (Wildman–Crippen LogP) is 4.19. The number of nitrogens with one attached hydrogen (secondary N) is 1. The van der Waals surface area contributed by atoms with E-state index in [1.807, 2.05) is 41.5 Å². The highest BCUT2D eigenvalue weighted by molar-refractivity contribution is 5.84. The van der Waals surface area contributed by atoms with E-state index >= 15 is 0 Å². The van der Waals surface area contributed by atoms with Gasteiger partial charge in [0.15, 0.2) is 0 Å². The molecule has 2 aromatic heterocycles. The number of aromatic nitrogens is 3. The number of para-hydroxylation sites is 1. The van der Waals surface area contributed by atoms with Crippen molar-refractivity contribution in [2.45, 2.75) is 19.5 Å². The average Bonchev–Trinajstić information content (AvgIpc) is 3.26. The summed E-state index contributed by atoms with van der Waals surface area (Å²) in [4.78, 5) is 3.06. The first kappa shape index (κ1) is 15.6. The van der Waals surface area contributed by atoms with Crippen LogP contribution < -0.4 is 4.57 Å². The highest BCUT2D eigenvalue weighted by atomic mass is 19.1. The Hall–Kier alpha value is -2.95. The standard InChI is InChI=1S/C20H17F2N3/c1-14(24-9-8-23-13-24)18-12-25(20-5-3-2-4-17(18)20)11-15-6-7-16(21)10-19(15)22/h2-10,12-14H,11H2,1H3/p+1. The van der Waals surface area contributed by atoms with Gasteiger partial charge < -0.3 is 4.57 Å². The number of benzene rings is 2. The fraction of sp³-hybridized carbons (Fsp3) is 0.150. The smallest absolute Gasteiger partial charge is 0.242 e. The van der Waals surface area contributed by atoms with Gasteiger partial charge in [0, 0.05) is 34.3 Å². The fourth-order valence-electron chi connectivity index (χ4n) is 3.28. The van der Waals surface area contributed by atoms with Gasteiger partial charge in [0.05, 0.1) is 6.54 Å². The van der Waals surface area contributed by atoms with Crippen LogP contribution in [0, 0.1) is 11.6 Å². The Kier molecular flexibility index (Phi) is 3.84. The molecule has 5 heteroatoms. The highest BCUT2D eigenvalue weighted by Gasteiger charge is 2.19. The van der Waals surface area contributed by atoms with Gasteiger partial charge in [0.25, 0.3) is 0 Å². The summed E-state index contributed by atoms with van der Waals surface area (Å²) in [5, 5.41) is 1.13. The summed E-state index contributed by atoms with van der Waals surface area (Å²) in [6, 6.07) is 11.9. The van der Waals surface area contributed by atoms with Crippen molar-refractivity contribution in [2.75, 3.05) is 0 Å². The zero-order valence-electron chi connectivity index (χ0n) is 13.8. The predicted molar refractivity (Wildman–Crippen MR) is 92.2 cm³/mol. The third-order valence-electron chi connectivity index (χ3n) is 4.64. The molecule has 0 radical (unpaired) electrons. The summed E-state index contributed by atoms with van der Waals surface area (Å²) in [7, 11) is 0. The maximum atomic E-state index is 14.1. The third kappa shape index (κ3) is 2.82. The number of fused-ring (bicyclic) bond motifs is 1. The second-order valence-corrected chi connectivity index (χ2v) is 6.20. The first-order valence-corrected chi connectivity index (χ1v) is 8.18. The average molecular weight is 338 g/mol. The fourth-order valence-corrected chi connectivity index (χ4v) is 3.28. The van der Waals surface area contributed by atoms with Crippen LogP contribution in [0.25, 0.3) is 10.9 Å². The summed E-state index contributed by atoms with van der Waals surface area (Å²) in [6.45, 7) is 2.48. The molecule has 126 valence electrons. The van der Waals surface area contributed by atoms with Crippen LogP contribution in [0.2, 0.25) is 0 Å². The van der Waals surface area contributed by atoms with Crippen molar-refractivity contribution in [1.82, 2.24) is 9.55 Å². The van der Waals surface area contributed by atoms with Crippen molar-refractivity contribution in [3.05, 3.63) is 90.1 Å². The van der Waals surface area contributed by atoms with Crippen LogP contribution in [0.4, 0.5) is 8.78 Å². The molecule has 0 bridgehead atoms. The lowest BCUT2D eigenvalue weighted by Gasteiger charge is -2.07. The molecular formula is C20H18F2N3+. The molecule has 0 saturated carbocycles. The van der Waals surface area contributed by atoms with Crippen LogP contribution in [0.3, 0.4) is 0 Å². The molecule has 1 atom stereocenters. The Morgan fingerprint density at radius 2 is 2.00 bits per heavy atom. The van der Waals surface area contributed by atoms with Gasteiger partial charge in [-0.05, 0) is 19.1 Å². The summed E-state index contributed by atoms with van der Waals surface area (Å²) in [6.07, 6.45) is 7.83. The Labute approximate surface area is 144 Å². The molecule has 1 N–H and O–H groups in total. The number of H-pyrrole nitrogens is 1. The number of imidazole rings is 1. The maximum absolute atomic E-state index is 14.1. The molecule has 25 heavy (non-hydrogen) atoms. The molecule has 4 rings (SSSR count). The van der Waals surface area contributed by atoms with Gasteiger partial charge in [-0.3, -0.25) is 4.98 Å². The summed E-state index contributed by atoms with van der Waals surface area (Å²) >= 11 is 0. The monoisotopic (exact) mass is 338 g/mol. The second-order valence-electron chi connectivity index (χ2n) is 6.20. The molecule has 0 aliphatic carbocycles. The van der Waals surface area contributed by atoms with Crippen LogP contribution in [-0.4, -0.2) is 9.55 Å².